The second kappa shape index (κ2) is 7.43. The summed E-state index contributed by atoms with van der Waals surface area (Å²) in [4.78, 5) is 2.31. The number of aliphatic hydroxyl groups excluding tert-OH is 1. The number of nitrogens with zero attached hydrogens (tertiary/aromatic N) is 1. The molecule has 0 fully saturated rings. The summed E-state index contributed by atoms with van der Waals surface area (Å²) in [5.74, 6) is 0. The Morgan fingerprint density at radius 1 is 1.24 bits per heavy atom. The van der Waals surface area contributed by atoms with Gasteiger partial charge in [0.15, 0.2) is 0 Å². The maximum Gasteiger partial charge on any atom is 0.0558 e. The molecule has 3 heteroatoms. The molecule has 1 rings (SSSR count). The molecule has 1 atom stereocenters. The van der Waals surface area contributed by atoms with Gasteiger partial charge in [0.25, 0.3) is 0 Å². The van der Waals surface area contributed by atoms with Gasteiger partial charge in [-0.1, -0.05) is 30.3 Å². The molecule has 1 unspecified atom stereocenters. The minimum Gasteiger partial charge on any atom is -0.395 e. The Balaban J connectivity index is 2.89. The molecule has 0 saturated carbocycles. The summed E-state index contributed by atoms with van der Waals surface area (Å²) in [5, 5.41) is 9.18. The molecule has 3 nitrogen and oxygen atoms in total. The molecule has 0 aliphatic heterocycles. The number of benzene rings is 1. The fraction of sp³-hybridized carbons (Fsp3) is 0.571. The maximum atomic E-state index is 9.18. The van der Waals surface area contributed by atoms with Gasteiger partial charge in [-0.05, 0) is 32.4 Å². The Hall–Kier alpha value is -0.900. The molecule has 96 valence electrons. The van der Waals surface area contributed by atoms with Crippen molar-refractivity contribution in [3.63, 3.8) is 0 Å². The van der Waals surface area contributed by atoms with Gasteiger partial charge in [0, 0.05) is 18.6 Å². The van der Waals surface area contributed by atoms with Gasteiger partial charge in [0.05, 0.1) is 6.61 Å². The van der Waals surface area contributed by atoms with Gasteiger partial charge in [0.1, 0.15) is 0 Å². The SMILES string of the molecule is CC(C)N(CCO)C(CCN)c1ccccc1. The van der Waals surface area contributed by atoms with Crippen LogP contribution in [0.25, 0.3) is 0 Å². The van der Waals surface area contributed by atoms with Gasteiger partial charge in [-0.3, -0.25) is 4.90 Å². The predicted octanol–water partition coefficient (Wildman–Crippen LogP) is 1.78. The zero-order valence-corrected chi connectivity index (χ0v) is 10.8. The van der Waals surface area contributed by atoms with Crippen LogP contribution in [0.4, 0.5) is 0 Å². The first-order valence-corrected chi connectivity index (χ1v) is 6.32. The molecule has 0 saturated heterocycles. The average molecular weight is 236 g/mol. The van der Waals surface area contributed by atoms with Crippen LogP contribution in [0.5, 0.6) is 0 Å². The molecule has 0 radical (unpaired) electrons. The van der Waals surface area contributed by atoms with Gasteiger partial charge < -0.3 is 10.8 Å². The van der Waals surface area contributed by atoms with E-state index in [9.17, 15) is 5.11 Å². The fourth-order valence-corrected chi connectivity index (χ4v) is 2.25. The topological polar surface area (TPSA) is 49.5 Å². The lowest BCUT2D eigenvalue weighted by Crippen LogP contribution is -2.38. The van der Waals surface area contributed by atoms with Crippen molar-refractivity contribution in [2.24, 2.45) is 5.73 Å². The molecule has 0 aliphatic rings. The molecule has 0 aliphatic carbocycles. The summed E-state index contributed by atoms with van der Waals surface area (Å²) in [7, 11) is 0. The zero-order valence-electron chi connectivity index (χ0n) is 10.8. The Morgan fingerprint density at radius 3 is 2.35 bits per heavy atom. The van der Waals surface area contributed by atoms with Crippen LogP contribution in [0.15, 0.2) is 30.3 Å². The molecule has 0 spiro atoms. The second-order valence-electron chi connectivity index (χ2n) is 4.56. The molecule has 17 heavy (non-hydrogen) atoms. The predicted molar refractivity (Wildman–Crippen MR) is 71.8 cm³/mol. The molecule has 0 amide bonds. The van der Waals surface area contributed by atoms with Crippen LogP contribution in [0.2, 0.25) is 0 Å². The third-order valence-corrected chi connectivity index (χ3v) is 3.05. The minimum absolute atomic E-state index is 0.187. The molecule has 0 aromatic heterocycles. The number of hydrogen-bond acceptors (Lipinski definition) is 3. The van der Waals surface area contributed by atoms with Gasteiger partial charge in [-0.2, -0.15) is 0 Å². The van der Waals surface area contributed by atoms with Crippen LogP contribution >= 0.6 is 0 Å². The van der Waals surface area contributed by atoms with Crippen molar-refractivity contribution in [1.82, 2.24) is 4.90 Å². The van der Waals surface area contributed by atoms with Crippen LogP contribution in [-0.2, 0) is 0 Å². The van der Waals surface area contributed by atoms with Gasteiger partial charge >= 0.3 is 0 Å². The largest absolute Gasteiger partial charge is 0.395 e. The average Bonchev–Trinajstić information content (AvgIpc) is 2.34. The molecule has 3 N–H and O–H groups in total. The maximum absolute atomic E-state index is 9.18. The minimum atomic E-state index is 0.187. The van der Waals surface area contributed by atoms with Crippen molar-refractivity contribution in [2.45, 2.75) is 32.4 Å². The van der Waals surface area contributed by atoms with E-state index in [2.05, 4.69) is 43.0 Å². The van der Waals surface area contributed by atoms with E-state index in [0.29, 0.717) is 25.2 Å². The zero-order chi connectivity index (χ0) is 12.7. The first kappa shape index (κ1) is 14.2. The monoisotopic (exact) mass is 236 g/mol. The summed E-state index contributed by atoms with van der Waals surface area (Å²) in [5.41, 5.74) is 6.99. The van der Waals surface area contributed by atoms with Crippen molar-refractivity contribution in [2.75, 3.05) is 19.7 Å². The van der Waals surface area contributed by atoms with Crippen molar-refractivity contribution >= 4 is 0 Å². The number of rotatable bonds is 7. The molecular weight excluding hydrogens is 212 g/mol. The third-order valence-electron chi connectivity index (χ3n) is 3.05. The Morgan fingerprint density at radius 2 is 1.88 bits per heavy atom. The highest BCUT2D eigenvalue weighted by atomic mass is 16.3. The van der Waals surface area contributed by atoms with Gasteiger partial charge in [-0.15, -0.1) is 0 Å². The Kier molecular flexibility index (Phi) is 6.19. The van der Waals surface area contributed by atoms with E-state index >= 15 is 0 Å². The molecule has 1 aromatic rings. The van der Waals surface area contributed by atoms with Crippen LogP contribution in [0, 0.1) is 0 Å². The lowest BCUT2D eigenvalue weighted by atomic mass is 10.0. The van der Waals surface area contributed by atoms with E-state index in [1.54, 1.807) is 0 Å². The highest BCUT2D eigenvalue weighted by Crippen LogP contribution is 2.25. The van der Waals surface area contributed by atoms with Gasteiger partial charge in [-0.25, -0.2) is 0 Å². The van der Waals surface area contributed by atoms with E-state index in [-0.39, 0.29) is 6.61 Å². The van der Waals surface area contributed by atoms with Crippen molar-refractivity contribution < 1.29 is 5.11 Å². The van der Waals surface area contributed by atoms with Crippen LogP contribution in [0.3, 0.4) is 0 Å². The van der Waals surface area contributed by atoms with Crippen LogP contribution < -0.4 is 5.73 Å². The van der Waals surface area contributed by atoms with Crippen LogP contribution in [-0.4, -0.2) is 35.7 Å². The summed E-state index contributed by atoms with van der Waals surface area (Å²) >= 11 is 0. The standard InChI is InChI=1S/C14H24N2O/c1-12(2)16(10-11-17)14(8-9-15)13-6-4-3-5-7-13/h3-7,12,14,17H,8-11,15H2,1-2H3. The van der Waals surface area contributed by atoms with Crippen molar-refractivity contribution in [1.29, 1.82) is 0 Å². The van der Waals surface area contributed by atoms with Crippen LogP contribution in [0.1, 0.15) is 31.9 Å². The third kappa shape index (κ3) is 4.11. The van der Waals surface area contributed by atoms with E-state index in [1.165, 1.54) is 5.56 Å². The van der Waals surface area contributed by atoms with E-state index in [0.717, 1.165) is 6.42 Å². The first-order valence-electron chi connectivity index (χ1n) is 6.32. The van der Waals surface area contributed by atoms with E-state index in [4.69, 9.17) is 5.73 Å². The van der Waals surface area contributed by atoms with E-state index < -0.39 is 0 Å². The summed E-state index contributed by atoms with van der Waals surface area (Å²) in [6, 6.07) is 11.1. The molecule has 0 heterocycles. The highest BCUT2D eigenvalue weighted by Gasteiger charge is 2.21. The van der Waals surface area contributed by atoms with E-state index in [1.807, 2.05) is 6.07 Å². The lowest BCUT2D eigenvalue weighted by Gasteiger charge is -2.34. The van der Waals surface area contributed by atoms with Gasteiger partial charge in [0.2, 0.25) is 0 Å². The number of nitrogens with two attached hydrogens (primary N) is 1. The highest BCUT2D eigenvalue weighted by molar-refractivity contribution is 5.19. The fourth-order valence-electron chi connectivity index (χ4n) is 2.25. The molecule has 0 bridgehead atoms. The summed E-state index contributed by atoms with van der Waals surface area (Å²) < 4.78 is 0. The lowest BCUT2D eigenvalue weighted by molar-refractivity contribution is 0.113. The quantitative estimate of drug-likeness (QED) is 0.758. The smallest absolute Gasteiger partial charge is 0.0558 e. The Bertz CT molecular complexity index is 300. The second-order valence-corrected chi connectivity index (χ2v) is 4.56. The number of hydrogen-bond donors (Lipinski definition) is 2. The summed E-state index contributed by atoms with van der Waals surface area (Å²) in [6.07, 6.45) is 0.919. The normalized spacial score (nSPS) is 13.3. The molecular formula is C14H24N2O. The van der Waals surface area contributed by atoms with Crippen molar-refractivity contribution in [3.8, 4) is 0 Å². The summed E-state index contributed by atoms with van der Waals surface area (Å²) in [6.45, 7) is 5.85. The number of aliphatic hydroxyl groups is 1. The first-order chi connectivity index (χ1) is 8.20. The molecule has 1 aromatic carbocycles. The Labute approximate surface area is 104 Å². The van der Waals surface area contributed by atoms with Crippen molar-refractivity contribution in [3.05, 3.63) is 35.9 Å².